The molecule has 0 bridgehead atoms. The third-order valence-electron chi connectivity index (χ3n) is 5.27. The SMILES string of the molecule is C=CCOCCC(=O)N1CCCN(CC(=O)Nc2c(CC)cccc2CC)CC1. The maximum Gasteiger partial charge on any atom is 0.238 e. The van der Waals surface area contributed by atoms with E-state index in [1.54, 1.807) is 6.08 Å². The van der Waals surface area contributed by atoms with Crippen molar-refractivity contribution < 1.29 is 14.3 Å². The summed E-state index contributed by atoms with van der Waals surface area (Å²) in [5, 5.41) is 3.14. The molecule has 160 valence electrons. The Kier molecular flexibility index (Phi) is 9.88. The molecule has 1 aliphatic rings. The Morgan fingerprint density at radius 1 is 1.14 bits per heavy atom. The number of rotatable bonds is 10. The molecule has 2 amide bonds. The summed E-state index contributed by atoms with van der Waals surface area (Å²) in [5.41, 5.74) is 3.31. The van der Waals surface area contributed by atoms with Crippen LogP contribution in [0.1, 0.15) is 37.8 Å². The third-order valence-corrected chi connectivity index (χ3v) is 5.27. The molecule has 1 heterocycles. The summed E-state index contributed by atoms with van der Waals surface area (Å²) < 4.78 is 5.31. The van der Waals surface area contributed by atoms with Gasteiger partial charge >= 0.3 is 0 Å². The molecule has 0 saturated carbocycles. The van der Waals surface area contributed by atoms with E-state index >= 15 is 0 Å². The number of anilines is 1. The fraction of sp³-hybridized carbons (Fsp3) is 0.565. The van der Waals surface area contributed by atoms with Gasteiger partial charge in [0.1, 0.15) is 0 Å². The summed E-state index contributed by atoms with van der Waals surface area (Å²) in [6.45, 7) is 12.0. The minimum atomic E-state index is 0.0122. The number of ether oxygens (including phenoxy) is 1. The molecule has 29 heavy (non-hydrogen) atoms. The normalized spacial score (nSPS) is 15.0. The predicted molar refractivity (Wildman–Crippen MR) is 117 cm³/mol. The molecule has 0 unspecified atom stereocenters. The van der Waals surface area contributed by atoms with Crippen LogP contribution in [0.3, 0.4) is 0 Å². The van der Waals surface area contributed by atoms with E-state index < -0.39 is 0 Å². The lowest BCUT2D eigenvalue weighted by Gasteiger charge is -2.22. The minimum absolute atomic E-state index is 0.0122. The van der Waals surface area contributed by atoms with Crippen molar-refractivity contribution in [1.29, 1.82) is 0 Å². The monoisotopic (exact) mass is 401 g/mol. The molecule has 2 rings (SSSR count). The minimum Gasteiger partial charge on any atom is -0.377 e. The number of carbonyl (C=O) groups is 2. The van der Waals surface area contributed by atoms with E-state index in [0.717, 1.165) is 38.0 Å². The van der Waals surface area contributed by atoms with Crippen molar-refractivity contribution in [3.63, 3.8) is 0 Å². The lowest BCUT2D eigenvalue weighted by Crippen LogP contribution is -2.38. The van der Waals surface area contributed by atoms with Crippen LogP contribution in [0.4, 0.5) is 5.69 Å². The average Bonchev–Trinajstić information content (AvgIpc) is 2.96. The highest BCUT2D eigenvalue weighted by atomic mass is 16.5. The van der Waals surface area contributed by atoms with E-state index in [1.807, 2.05) is 4.90 Å². The van der Waals surface area contributed by atoms with E-state index in [2.05, 4.69) is 48.8 Å². The smallest absolute Gasteiger partial charge is 0.238 e. The molecule has 1 N–H and O–H groups in total. The van der Waals surface area contributed by atoms with Crippen LogP contribution in [0.15, 0.2) is 30.9 Å². The molecule has 1 saturated heterocycles. The number of nitrogens with one attached hydrogen (secondary N) is 1. The van der Waals surface area contributed by atoms with Crippen LogP contribution in [0.2, 0.25) is 0 Å². The molecule has 6 nitrogen and oxygen atoms in total. The molecule has 0 aromatic heterocycles. The van der Waals surface area contributed by atoms with E-state index in [9.17, 15) is 9.59 Å². The number of carbonyl (C=O) groups excluding carboxylic acids is 2. The van der Waals surface area contributed by atoms with Gasteiger partial charge in [0.05, 0.1) is 26.2 Å². The van der Waals surface area contributed by atoms with Crippen molar-refractivity contribution in [2.75, 3.05) is 51.3 Å². The van der Waals surface area contributed by atoms with Gasteiger partial charge in [0.25, 0.3) is 0 Å². The quantitative estimate of drug-likeness (QED) is 0.484. The van der Waals surface area contributed by atoms with Crippen LogP contribution in [0, 0.1) is 0 Å². The third kappa shape index (κ3) is 7.29. The zero-order valence-electron chi connectivity index (χ0n) is 17.9. The van der Waals surface area contributed by atoms with Crippen molar-refractivity contribution in [2.24, 2.45) is 0 Å². The Morgan fingerprint density at radius 3 is 2.52 bits per heavy atom. The standard InChI is InChI=1S/C23H35N3O3/c1-4-16-29-17-11-22(28)26-13-8-12-25(14-15-26)18-21(27)24-23-19(5-2)9-7-10-20(23)6-3/h4,7,9-10H,1,5-6,8,11-18H2,2-3H3,(H,24,27). The number of hydrogen-bond acceptors (Lipinski definition) is 4. The Labute approximate surface area is 174 Å². The topological polar surface area (TPSA) is 61.9 Å². The Bertz CT molecular complexity index is 668. The van der Waals surface area contributed by atoms with Gasteiger partial charge < -0.3 is 15.0 Å². The van der Waals surface area contributed by atoms with Gasteiger partial charge in [-0.3, -0.25) is 14.5 Å². The molecule has 6 heteroatoms. The van der Waals surface area contributed by atoms with Gasteiger partial charge in [-0.15, -0.1) is 6.58 Å². The summed E-state index contributed by atoms with van der Waals surface area (Å²) >= 11 is 0. The molecular weight excluding hydrogens is 366 g/mol. The van der Waals surface area contributed by atoms with Crippen molar-refractivity contribution >= 4 is 17.5 Å². The molecule has 0 radical (unpaired) electrons. The highest BCUT2D eigenvalue weighted by molar-refractivity contribution is 5.93. The van der Waals surface area contributed by atoms with Gasteiger partial charge in [0.15, 0.2) is 0 Å². The van der Waals surface area contributed by atoms with E-state index in [0.29, 0.717) is 39.3 Å². The second kappa shape index (κ2) is 12.4. The van der Waals surface area contributed by atoms with Crippen molar-refractivity contribution in [2.45, 2.75) is 39.5 Å². The number of aryl methyl sites for hydroxylation is 2. The first-order chi connectivity index (χ1) is 14.1. The van der Waals surface area contributed by atoms with Crippen LogP contribution in [-0.4, -0.2) is 67.6 Å². The van der Waals surface area contributed by atoms with Gasteiger partial charge in [0, 0.05) is 31.9 Å². The van der Waals surface area contributed by atoms with Crippen molar-refractivity contribution in [1.82, 2.24) is 9.80 Å². The van der Waals surface area contributed by atoms with Crippen LogP contribution in [-0.2, 0) is 27.2 Å². The fourth-order valence-corrected chi connectivity index (χ4v) is 3.65. The maximum absolute atomic E-state index is 12.7. The molecular formula is C23H35N3O3. The largest absolute Gasteiger partial charge is 0.377 e. The number of hydrogen-bond donors (Lipinski definition) is 1. The van der Waals surface area contributed by atoms with E-state index in [4.69, 9.17) is 4.74 Å². The number of benzene rings is 1. The molecule has 1 aromatic rings. The van der Waals surface area contributed by atoms with Crippen LogP contribution in [0.5, 0.6) is 0 Å². The Morgan fingerprint density at radius 2 is 1.86 bits per heavy atom. The van der Waals surface area contributed by atoms with Gasteiger partial charge in [0.2, 0.25) is 11.8 Å². The summed E-state index contributed by atoms with van der Waals surface area (Å²) in [5.74, 6) is 0.128. The number of nitrogens with zero attached hydrogens (tertiary/aromatic N) is 2. The van der Waals surface area contributed by atoms with Crippen molar-refractivity contribution in [3.8, 4) is 0 Å². The summed E-state index contributed by atoms with van der Waals surface area (Å²) in [4.78, 5) is 29.1. The first kappa shape index (κ1) is 23.1. The van der Waals surface area contributed by atoms with Gasteiger partial charge in [-0.1, -0.05) is 38.1 Å². The lowest BCUT2D eigenvalue weighted by molar-refractivity contribution is -0.132. The number of amides is 2. The second-order valence-corrected chi connectivity index (χ2v) is 7.33. The first-order valence-electron chi connectivity index (χ1n) is 10.7. The van der Waals surface area contributed by atoms with Crippen LogP contribution in [0.25, 0.3) is 0 Å². The molecule has 0 aliphatic carbocycles. The van der Waals surface area contributed by atoms with E-state index in [-0.39, 0.29) is 11.8 Å². The summed E-state index contributed by atoms with van der Waals surface area (Å²) in [6.07, 6.45) is 4.73. The highest BCUT2D eigenvalue weighted by Crippen LogP contribution is 2.22. The Balaban J connectivity index is 1.85. The van der Waals surface area contributed by atoms with Crippen LogP contribution >= 0.6 is 0 Å². The first-order valence-corrected chi connectivity index (χ1v) is 10.7. The van der Waals surface area contributed by atoms with Gasteiger partial charge in [-0.05, 0) is 30.4 Å². The molecule has 1 fully saturated rings. The fourth-order valence-electron chi connectivity index (χ4n) is 3.65. The second-order valence-electron chi connectivity index (χ2n) is 7.33. The van der Waals surface area contributed by atoms with Crippen molar-refractivity contribution in [3.05, 3.63) is 42.0 Å². The van der Waals surface area contributed by atoms with Crippen LogP contribution < -0.4 is 5.32 Å². The Hall–Kier alpha value is -2.18. The predicted octanol–water partition coefficient (Wildman–Crippen LogP) is 2.88. The molecule has 0 spiro atoms. The molecule has 0 atom stereocenters. The van der Waals surface area contributed by atoms with Gasteiger partial charge in [-0.25, -0.2) is 0 Å². The zero-order valence-corrected chi connectivity index (χ0v) is 17.9. The summed E-state index contributed by atoms with van der Waals surface area (Å²) in [7, 11) is 0. The maximum atomic E-state index is 12.7. The number of para-hydroxylation sites is 1. The summed E-state index contributed by atoms with van der Waals surface area (Å²) in [6, 6.07) is 6.20. The highest BCUT2D eigenvalue weighted by Gasteiger charge is 2.21. The zero-order chi connectivity index (χ0) is 21.1. The lowest BCUT2D eigenvalue weighted by atomic mass is 10.0. The van der Waals surface area contributed by atoms with E-state index in [1.165, 1.54) is 11.1 Å². The molecule has 1 aromatic carbocycles. The van der Waals surface area contributed by atoms with Gasteiger partial charge in [-0.2, -0.15) is 0 Å². The molecule has 1 aliphatic heterocycles. The average molecular weight is 402 g/mol.